The van der Waals surface area contributed by atoms with Crippen LogP contribution in [0.4, 0.5) is 0 Å². The van der Waals surface area contributed by atoms with Crippen molar-refractivity contribution in [3.05, 3.63) is 23.3 Å². The summed E-state index contributed by atoms with van der Waals surface area (Å²) in [6.45, 7) is 5.34. The molecule has 0 bridgehead atoms. The monoisotopic (exact) mass is 250 g/mol. The van der Waals surface area contributed by atoms with E-state index < -0.39 is 0 Å². The van der Waals surface area contributed by atoms with Crippen LogP contribution in [0.15, 0.2) is 17.6 Å². The summed E-state index contributed by atoms with van der Waals surface area (Å²) in [5, 5.41) is 10.9. The zero-order valence-corrected chi connectivity index (χ0v) is 11.3. The zero-order chi connectivity index (χ0) is 12.3. The highest BCUT2D eigenvalue weighted by molar-refractivity contribution is 7.13. The molecule has 0 amide bonds. The fraction of sp³-hybridized carbons (Fsp3) is 0.500. The van der Waals surface area contributed by atoms with E-state index in [4.69, 9.17) is 0 Å². The third-order valence-corrected chi connectivity index (χ3v) is 3.48. The first-order valence-corrected chi connectivity index (χ1v) is 6.77. The summed E-state index contributed by atoms with van der Waals surface area (Å²) in [7, 11) is 1.92. The minimum absolute atomic E-state index is 0.309. The van der Waals surface area contributed by atoms with Gasteiger partial charge < -0.3 is 5.32 Å². The third kappa shape index (κ3) is 2.92. The first kappa shape index (κ1) is 12.3. The molecule has 5 heteroatoms. The van der Waals surface area contributed by atoms with E-state index in [1.165, 1.54) is 0 Å². The molecule has 0 aromatic carbocycles. The normalized spacial score (nSPS) is 12.9. The Labute approximate surface area is 106 Å². The van der Waals surface area contributed by atoms with Crippen molar-refractivity contribution in [1.29, 1.82) is 0 Å². The smallest absolute Gasteiger partial charge is 0.144 e. The molecular weight excluding hydrogens is 232 g/mol. The molecule has 0 aliphatic carbocycles. The van der Waals surface area contributed by atoms with Gasteiger partial charge in [0.1, 0.15) is 10.7 Å². The Morgan fingerprint density at radius 1 is 1.53 bits per heavy atom. The van der Waals surface area contributed by atoms with Crippen LogP contribution in [0.3, 0.4) is 0 Å². The van der Waals surface area contributed by atoms with E-state index in [0.717, 1.165) is 29.4 Å². The highest BCUT2D eigenvalue weighted by Crippen LogP contribution is 2.24. The summed E-state index contributed by atoms with van der Waals surface area (Å²) in [6, 6.07) is 2.30. The number of nitrogens with one attached hydrogen (secondary N) is 1. The van der Waals surface area contributed by atoms with Crippen molar-refractivity contribution in [2.24, 2.45) is 7.05 Å². The highest BCUT2D eigenvalue weighted by atomic mass is 32.1. The van der Waals surface area contributed by atoms with E-state index >= 15 is 0 Å². The molecule has 0 fully saturated rings. The second kappa shape index (κ2) is 5.42. The Bertz CT molecular complexity index is 474. The molecule has 0 radical (unpaired) electrons. The van der Waals surface area contributed by atoms with E-state index in [1.54, 1.807) is 16.0 Å². The van der Waals surface area contributed by atoms with Crippen molar-refractivity contribution in [2.75, 3.05) is 6.54 Å². The van der Waals surface area contributed by atoms with Crippen molar-refractivity contribution in [1.82, 2.24) is 20.1 Å². The molecule has 0 aliphatic rings. The number of thiazole rings is 1. The summed E-state index contributed by atoms with van der Waals surface area (Å²) in [5.41, 5.74) is 2.05. The van der Waals surface area contributed by atoms with Crippen molar-refractivity contribution in [3.63, 3.8) is 0 Å². The molecule has 17 heavy (non-hydrogen) atoms. The lowest BCUT2D eigenvalue weighted by molar-refractivity contribution is 0.561. The number of rotatable bonds is 5. The second-order valence-corrected chi connectivity index (χ2v) is 4.99. The van der Waals surface area contributed by atoms with E-state index in [2.05, 4.69) is 34.6 Å². The lowest BCUT2D eigenvalue weighted by Gasteiger charge is -2.09. The number of nitrogens with zero attached hydrogens (tertiary/aromatic N) is 3. The minimum atomic E-state index is 0.309. The number of aromatic nitrogens is 3. The topological polar surface area (TPSA) is 42.7 Å². The molecule has 0 aliphatic heterocycles. The molecule has 2 rings (SSSR count). The number of hydrogen-bond acceptors (Lipinski definition) is 4. The summed E-state index contributed by atoms with van der Waals surface area (Å²) in [6.07, 6.45) is 3.08. The van der Waals surface area contributed by atoms with Crippen LogP contribution in [0.5, 0.6) is 0 Å². The Balaban J connectivity index is 2.10. The molecule has 1 atom stereocenters. The van der Waals surface area contributed by atoms with Gasteiger partial charge in [0, 0.05) is 24.7 Å². The first-order chi connectivity index (χ1) is 8.20. The van der Waals surface area contributed by atoms with E-state index in [-0.39, 0.29) is 0 Å². The van der Waals surface area contributed by atoms with Crippen LogP contribution < -0.4 is 5.32 Å². The molecule has 1 unspecified atom stereocenters. The van der Waals surface area contributed by atoms with Crippen LogP contribution in [0.2, 0.25) is 0 Å². The Morgan fingerprint density at radius 2 is 2.35 bits per heavy atom. The molecule has 2 aromatic rings. The SMILES string of the molecule is CCCNC(C)c1csc(-c2ccn(C)n2)n1. The average Bonchev–Trinajstić information content (AvgIpc) is 2.93. The van der Waals surface area contributed by atoms with Crippen LogP contribution in [-0.2, 0) is 7.05 Å². The Morgan fingerprint density at radius 3 is 3.00 bits per heavy atom. The van der Waals surface area contributed by atoms with Crippen LogP contribution in [0.1, 0.15) is 32.0 Å². The summed E-state index contributed by atoms with van der Waals surface area (Å²) in [5.74, 6) is 0. The van der Waals surface area contributed by atoms with Crippen molar-refractivity contribution < 1.29 is 0 Å². The van der Waals surface area contributed by atoms with Gasteiger partial charge in [0.25, 0.3) is 0 Å². The van der Waals surface area contributed by atoms with Gasteiger partial charge in [-0.15, -0.1) is 11.3 Å². The van der Waals surface area contributed by atoms with Gasteiger partial charge in [0.2, 0.25) is 0 Å². The quantitative estimate of drug-likeness (QED) is 0.887. The van der Waals surface area contributed by atoms with Gasteiger partial charge in [-0.1, -0.05) is 6.92 Å². The number of hydrogen-bond donors (Lipinski definition) is 1. The van der Waals surface area contributed by atoms with Gasteiger partial charge in [-0.3, -0.25) is 4.68 Å². The standard InChI is InChI=1S/C12H18N4S/c1-4-6-13-9(2)11-8-17-12(14-11)10-5-7-16(3)15-10/h5,7-9,13H,4,6H2,1-3H3. The number of aryl methyl sites for hydroxylation is 1. The predicted octanol–water partition coefficient (Wildman–Crippen LogP) is 2.60. The molecule has 4 nitrogen and oxygen atoms in total. The Kier molecular flexibility index (Phi) is 3.91. The van der Waals surface area contributed by atoms with Gasteiger partial charge in [0.05, 0.1) is 5.69 Å². The molecule has 0 saturated carbocycles. The maximum absolute atomic E-state index is 4.63. The molecule has 2 heterocycles. The van der Waals surface area contributed by atoms with Crippen LogP contribution in [0, 0.1) is 0 Å². The van der Waals surface area contributed by atoms with Gasteiger partial charge in [-0.25, -0.2) is 4.98 Å². The van der Waals surface area contributed by atoms with Gasteiger partial charge in [0.15, 0.2) is 0 Å². The predicted molar refractivity (Wildman–Crippen MR) is 71.0 cm³/mol. The summed E-state index contributed by atoms with van der Waals surface area (Å²) in [4.78, 5) is 4.63. The molecular formula is C12H18N4S. The maximum atomic E-state index is 4.63. The van der Waals surface area contributed by atoms with Gasteiger partial charge in [-0.05, 0) is 26.0 Å². The van der Waals surface area contributed by atoms with Crippen molar-refractivity contribution in [3.8, 4) is 10.7 Å². The van der Waals surface area contributed by atoms with Crippen LogP contribution >= 0.6 is 11.3 Å². The molecule has 92 valence electrons. The van der Waals surface area contributed by atoms with Crippen LogP contribution in [-0.4, -0.2) is 21.3 Å². The molecule has 1 N–H and O–H groups in total. The summed E-state index contributed by atoms with van der Waals surface area (Å²) >= 11 is 1.65. The van der Waals surface area contributed by atoms with Crippen molar-refractivity contribution in [2.45, 2.75) is 26.3 Å². The first-order valence-electron chi connectivity index (χ1n) is 5.89. The summed E-state index contributed by atoms with van der Waals surface area (Å²) < 4.78 is 1.80. The van der Waals surface area contributed by atoms with E-state index in [0.29, 0.717) is 6.04 Å². The molecule has 0 saturated heterocycles. The largest absolute Gasteiger partial charge is 0.309 e. The molecule has 2 aromatic heterocycles. The minimum Gasteiger partial charge on any atom is -0.309 e. The second-order valence-electron chi connectivity index (χ2n) is 4.13. The van der Waals surface area contributed by atoms with Gasteiger partial charge >= 0.3 is 0 Å². The fourth-order valence-corrected chi connectivity index (χ4v) is 2.47. The average molecular weight is 250 g/mol. The lowest BCUT2D eigenvalue weighted by atomic mass is 10.2. The van der Waals surface area contributed by atoms with E-state index in [9.17, 15) is 0 Å². The third-order valence-electron chi connectivity index (χ3n) is 2.60. The van der Waals surface area contributed by atoms with Crippen LogP contribution in [0.25, 0.3) is 10.7 Å². The van der Waals surface area contributed by atoms with E-state index in [1.807, 2.05) is 19.3 Å². The maximum Gasteiger partial charge on any atom is 0.144 e. The zero-order valence-electron chi connectivity index (χ0n) is 10.5. The van der Waals surface area contributed by atoms with Crippen molar-refractivity contribution >= 4 is 11.3 Å². The highest BCUT2D eigenvalue weighted by Gasteiger charge is 2.11. The van der Waals surface area contributed by atoms with Gasteiger partial charge in [-0.2, -0.15) is 5.10 Å². The Hall–Kier alpha value is -1.20. The lowest BCUT2D eigenvalue weighted by Crippen LogP contribution is -2.19. The fourth-order valence-electron chi connectivity index (χ4n) is 1.60. The molecule has 0 spiro atoms.